The first-order chi connectivity index (χ1) is 13.7. The molecule has 148 valence electrons. The number of thioether (sulfide) groups is 1. The quantitative estimate of drug-likeness (QED) is 0.245. The van der Waals surface area contributed by atoms with E-state index in [1.165, 1.54) is 30.3 Å². The standard InChI is InChI=1S/C18H12FN3O5S2/c19-11-3-1-10(2-4-11)7-15-17(25)21(18(28)29-15)9-16(24)20-13-6-5-12(22(26)27)8-14(13)23/h1-8,23H,9H2,(H,20,24)/b15-7-. The lowest BCUT2D eigenvalue weighted by atomic mass is 10.2. The average Bonchev–Trinajstić information content (AvgIpc) is 2.92. The molecule has 2 amide bonds. The predicted molar refractivity (Wildman–Crippen MR) is 110 cm³/mol. The van der Waals surface area contributed by atoms with E-state index in [9.17, 15) is 29.2 Å². The fourth-order valence-electron chi connectivity index (χ4n) is 2.42. The molecule has 1 saturated heterocycles. The molecule has 0 spiro atoms. The number of carbonyl (C=O) groups excluding carboxylic acids is 2. The Morgan fingerprint density at radius 2 is 2.00 bits per heavy atom. The number of halogens is 1. The summed E-state index contributed by atoms with van der Waals surface area (Å²) in [6.45, 7) is -0.401. The van der Waals surface area contributed by atoms with Crippen molar-refractivity contribution in [1.29, 1.82) is 0 Å². The maximum atomic E-state index is 13.0. The van der Waals surface area contributed by atoms with E-state index in [0.717, 1.165) is 28.8 Å². The molecule has 29 heavy (non-hydrogen) atoms. The maximum absolute atomic E-state index is 13.0. The molecule has 11 heteroatoms. The number of phenolic OH excluding ortho intramolecular Hbond substituents is 1. The second-order valence-corrected chi connectivity index (χ2v) is 7.50. The fraction of sp³-hybridized carbons (Fsp3) is 0.0556. The second kappa shape index (κ2) is 8.37. The van der Waals surface area contributed by atoms with Crippen molar-refractivity contribution in [3.63, 3.8) is 0 Å². The van der Waals surface area contributed by atoms with Crippen LogP contribution in [0.15, 0.2) is 47.4 Å². The first-order valence-corrected chi connectivity index (χ1v) is 9.25. The van der Waals surface area contributed by atoms with Gasteiger partial charge in [-0.1, -0.05) is 36.1 Å². The van der Waals surface area contributed by atoms with Gasteiger partial charge in [-0.2, -0.15) is 0 Å². The van der Waals surface area contributed by atoms with Gasteiger partial charge < -0.3 is 10.4 Å². The van der Waals surface area contributed by atoms with Gasteiger partial charge in [0.15, 0.2) is 0 Å². The van der Waals surface area contributed by atoms with Crippen molar-refractivity contribution in [2.45, 2.75) is 0 Å². The number of benzene rings is 2. The zero-order chi connectivity index (χ0) is 21.1. The van der Waals surface area contributed by atoms with Crippen molar-refractivity contribution >= 4 is 57.6 Å². The van der Waals surface area contributed by atoms with E-state index in [4.69, 9.17) is 12.2 Å². The highest BCUT2D eigenvalue weighted by Crippen LogP contribution is 2.33. The average molecular weight is 433 g/mol. The third-order valence-corrected chi connectivity index (χ3v) is 5.19. The molecule has 1 aliphatic rings. The number of nitro benzene ring substituents is 1. The largest absolute Gasteiger partial charge is 0.506 e. The summed E-state index contributed by atoms with van der Waals surface area (Å²) in [7, 11) is 0. The molecule has 2 aromatic carbocycles. The Morgan fingerprint density at radius 1 is 1.31 bits per heavy atom. The predicted octanol–water partition coefficient (Wildman–Crippen LogP) is 3.28. The van der Waals surface area contributed by atoms with Gasteiger partial charge in [0.25, 0.3) is 11.6 Å². The van der Waals surface area contributed by atoms with Gasteiger partial charge in [0.1, 0.15) is 22.4 Å². The number of nitrogens with one attached hydrogen (secondary N) is 1. The van der Waals surface area contributed by atoms with Crippen LogP contribution in [-0.2, 0) is 9.59 Å². The summed E-state index contributed by atoms with van der Waals surface area (Å²) in [5, 5.41) is 22.9. The molecule has 0 aliphatic carbocycles. The fourth-order valence-corrected chi connectivity index (χ4v) is 3.67. The van der Waals surface area contributed by atoms with Gasteiger partial charge in [0, 0.05) is 6.07 Å². The Bertz CT molecular complexity index is 1060. The molecule has 1 heterocycles. The zero-order valence-electron chi connectivity index (χ0n) is 14.5. The van der Waals surface area contributed by atoms with Crippen LogP contribution in [-0.4, -0.2) is 37.6 Å². The maximum Gasteiger partial charge on any atom is 0.273 e. The van der Waals surface area contributed by atoms with E-state index in [1.807, 2.05) is 0 Å². The molecule has 2 N–H and O–H groups in total. The van der Waals surface area contributed by atoms with Crippen molar-refractivity contribution in [3.8, 4) is 5.75 Å². The van der Waals surface area contributed by atoms with E-state index >= 15 is 0 Å². The van der Waals surface area contributed by atoms with Gasteiger partial charge in [-0.05, 0) is 29.8 Å². The summed E-state index contributed by atoms with van der Waals surface area (Å²) in [6.07, 6.45) is 1.54. The molecule has 2 aromatic rings. The van der Waals surface area contributed by atoms with Crippen LogP contribution in [0.2, 0.25) is 0 Å². The van der Waals surface area contributed by atoms with E-state index in [1.54, 1.807) is 6.08 Å². The van der Waals surface area contributed by atoms with Gasteiger partial charge in [-0.25, -0.2) is 4.39 Å². The van der Waals surface area contributed by atoms with Gasteiger partial charge >= 0.3 is 0 Å². The second-order valence-electron chi connectivity index (χ2n) is 5.83. The molecular weight excluding hydrogens is 421 g/mol. The molecular formula is C18H12FN3O5S2. The van der Waals surface area contributed by atoms with Gasteiger partial charge in [-0.3, -0.25) is 24.6 Å². The number of rotatable bonds is 5. The van der Waals surface area contributed by atoms with Crippen molar-refractivity contribution in [3.05, 3.63) is 68.9 Å². The number of amides is 2. The highest BCUT2D eigenvalue weighted by molar-refractivity contribution is 8.26. The number of anilines is 1. The monoisotopic (exact) mass is 433 g/mol. The third kappa shape index (κ3) is 4.76. The molecule has 0 saturated carbocycles. The summed E-state index contributed by atoms with van der Waals surface area (Å²) in [5.41, 5.74) is 0.239. The Balaban J connectivity index is 1.69. The Kier molecular flexibility index (Phi) is 5.89. The number of aromatic hydroxyl groups is 1. The Morgan fingerprint density at radius 3 is 2.62 bits per heavy atom. The minimum Gasteiger partial charge on any atom is -0.506 e. The van der Waals surface area contributed by atoms with Crippen molar-refractivity contribution < 1.29 is 24.0 Å². The molecule has 0 radical (unpaired) electrons. The summed E-state index contributed by atoms with van der Waals surface area (Å²) >= 11 is 6.16. The van der Waals surface area contributed by atoms with Crippen LogP contribution < -0.4 is 5.32 Å². The normalized spacial score (nSPS) is 15.1. The van der Waals surface area contributed by atoms with Crippen molar-refractivity contribution in [2.24, 2.45) is 0 Å². The van der Waals surface area contributed by atoms with E-state index < -0.39 is 34.8 Å². The number of carbonyl (C=O) groups is 2. The van der Waals surface area contributed by atoms with Crippen LogP contribution >= 0.6 is 24.0 Å². The molecule has 8 nitrogen and oxygen atoms in total. The summed E-state index contributed by atoms with van der Waals surface area (Å²) < 4.78 is 13.2. The van der Waals surface area contributed by atoms with Crippen LogP contribution in [0, 0.1) is 15.9 Å². The SMILES string of the molecule is O=C(CN1C(=O)/C(=C/c2ccc(F)cc2)SC1=S)Nc1ccc([N+](=O)[O-])cc1O. The van der Waals surface area contributed by atoms with E-state index in [-0.39, 0.29) is 20.6 Å². The Labute approximate surface area is 173 Å². The van der Waals surface area contributed by atoms with Crippen LogP contribution in [0.25, 0.3) is 6.08 Å². The number of hydrogen-bond donors (Lipinski definition) is 2. The molecule has 0 bridgehead atoms. The van der Waals surface area contributed by atoms with Crippen molar-refractivity contribution in [2.75, 3.05) is 11.9 Å². The first-order valence-electron chi connectivity index (χ1n) is 8.03. The Hall–Kier alpha value is -3.31. The smallest absolute Gasteiger partial charge is 0.273 e. The molecule has 1 fully saturated rings. The lowest BCUT2D eigenvalue weighted by Gasteiger charge is -2.14. The van der Waals surface area contributed by atoms with Crippen LogP contribution in [0.3, 0.4) is 0 Å². The summed E-state index contributed by atoms with van der Waals surface area (Å²) in [5.74, 6) is -2.00. The van der Waals surface area contributed by atoms with Crippen LogP contribution in [0.1, 0.15) is 5.56 Å². The number of hydrogen-bond acceptors (Lipinski definition) is 7. The lowest BCUT2D eigenvalue weighted by molar-refractivity contribution is -0.384. The highest BCUT2D eigenvalue weighted by Gasteiger charge is 2.33. The van der Waals surface area contributed by atoms with Gasteiger partial charge in [0.05, 0.1) is 21.6 Å². The number of nitrogens with zero attached hydrogens (tertiary/aromatic N) is 2. The topological polar surface area (TPSA) is 113 Å². The molecule has 1 aliphatic heterocycles. The number of thiocarbonyl (C=S) groups is 1. The first kappa shape index (κ1) is 20.4. The summed E-state index contributed by atoms with van der Waals surface area (Å²) in [4.78, 5) is 36.2. The zero-order valence-corrected chi connectivity index (χ0v) is 16.1. The molecule has 0 unspecified atom stereocenters. The molecule has 0 atom stereocenters. The highest BCUT2D eigenvalue weighted by atomic mass is 32.2. The summed E-state index contributed by atoms with van der Waals surface area (Å²) in [6, 6.07) is 8.75. The number of nitro groups is 1. The molecule has 0 aromatic heterocycles. The van der Waals surface area contributed by atoms with Crippen LogP contribution in [0.5, 0.6) is 5.75 Å². The van der Waals surface area contributed by atoms with Gasteiger partial charge in [0.2, 0.25) is 5.91 Å². The van der Waals surface area contributed by atoms with E-state index in [2.05, 4.69) is 5.32 Å². The number of phenols is 1. The minimum atomic E-state index is -0.682. The molecule has 3 rings (SSSR count). The van der Waals surface area contributed by atoms with Gasteiger partial charge in [-0.15, -0.1) is 0 Å². The van der Waals surface area contributed by atoms with Crippen LogP contribution in [0.4, 0.5) is 15.8 Å². The van der Waals surface area contributed by atoms with Crippen molar-refractivity contribution in [1.82, 2.24) is 4.90 Å². The number of non-ortho nitro benzene ring substituents is 1. The third-order valence-electron chi connectivity index (χ3n) is 3.81. The van der Waals surface area contributed by atoms with E-state index in [0.29, 0.717) is 5.56 Å². The lowest BCUT2D eigenvalue weighted by Crippen LogP contribution is -2.36. The minimum absolute atomic E-state index is 0.0344.